The molecule has 1 atom stereocenters. The molecule has 2 heterocycles. The van der Waals surface area contributed by atoms with Crippen LogP contribution in [0.25, 0.3) is 0 Å². The van der Waals surface area contributed by atoms with Gasteiger partial charge in [0.25, 0.3) is 0 Å². The van der Waals surface area contributed by atoms with Crippen molar-refractivity contribution in [3.63, 3.8) is 0 Å². The monoisotopic (exact) mass is 196 g/mol. The van der Waals surface area contributed by atoms with Gasteiger partial charge in [0.1, 0.15) is 0 Å². The van der Waals surface area contributed by atoms with Gasteiger partial charge >= 0.3 is 6.09 Å². The van der Waals surface area contributed by atoms with Gasteiger partial charge in [-0.2, -0.15) is 0 Å². The van der Waals surface area contributed by atoms with Crippen LogP contribution in [0.5, 0.6) is 0 Å². The minimum Gasteiger partial charge on any atom is -0.450 e. The van der Waals surface area contributed by atoms with Crippen molar-refractivity contribution in [2.24, 2.45) is 0 Å². The molecule has 0 saturated carbocycles. The zero-order valence-corrected chi connectivity index (χ0v) is 8.69. The highest BCUT2D eigenvalue weighted by atomic mass is 16.6. The summed E-state index contributed by atoms with van der Waals surface area (Å²) < 4.78 is 4.97. The fraction of sp³-hybridized carbons (Fsp3) is 0.700. The third-order valence-corrected chi connectivity index (χ3v) is 2.89. The first-order valence-corrected chi connectivity index (χ1v) is 5.03. The number of ether oxygens (including phenoxy) is 1. The molecule has 0 aromatic carbocycles. The van der Waals surface area contributed by atoms with Crippen LogP contribution in [0.3, 0.4) is 0 Å². The molecule has 4 nitrogen and oxygen atoms in total. The summed E-state index contributed by atoms with van der Waals surface area (Å²) in [5, 5.41) is 0. The average molecular weight is 196 g/mol. The van der Waals surface area contributed by atoms with E-state index in [2.05, 4.69) is 18.0 Å². The number of nitrogens with zero attached hydrogens (tertiary/aromatic N) is 2. The summed E-state index contributed by atoms with van der Waals surface area (Å²) in [6.07, 6.45) is 2.03. The molecule has 0 aromatic rings. The molecule has 0 bridgehead atoms. The number of hydrogen-bond acceptors (Lipinski definition) is 3. The van der Waals surface area contributed by atoms with Gasteiger partial charge in [-0.05, 0) is 19.5 Å². The van der Waals surface area contributed by atoms with Gasteiger partial charge in [-0.25, -0.2) is 4.79 Å². The number of carbonyl (C=O) groups is 1. The lowest BCUT2D eigenvalue weighted by atomic mass is 10.2. The summed E-state index contributed by atoms with van der Waals surface area (Å²) >= 11 is 0. The van der Waals surface area contributed by atoms with E-state index in [9.17, 15) is 4.79 Å². The zero-order valence-electron chi connectivity index (χ0n) is 8.69. The second-order valence-corrected chi connectivity index (χ2v) is 3.81. The number of likely N-dealkylation sites (tertiary alicyclic amines) is 1. The van der Waals surface area contributed by atoms with Crippen LogP contribution >= 0.6 is 0 Å². The van der Waals surface area contributed by atoms with Crippen LogP contribution in [-0.4, -0.2) is 55.2 Å². The quantitative estimate of drug-likeness (QED) is 0.579. The Kier molecular flexibility index (Phi) is 2.46. The van der Waals surface area contributed by atoms with Crippen molar-refractivity contribution in [1.82, 2.24) is 9.80 Å². The van der Waals surface area contributed by atoms with Crippen LogP contribution in [-0.2, 0) is 4.74 Å². The Labute approximate surface area is 84.1 Å². The molecule has 2 aliphatic heterocycles. The molecule has 0 radical (unpaired) electrons. The van der Waals surface area contributed by atoms with Gasteiger partial charge in [0.2, 0.25) is 0 Å². The maximum absolute atomic E-state index is 11.4. The van der Waals surface area contributed by atoms with E-state index in [1.54, 1.807) is 4.90 Å². The molecule has 0 N–H and O–H groups in total. The van der Waals surface area contributed by atoms with Crippen LogP contribution < -0.4 is 0 Å². The van der Waals surface area contributed by atoms with Gasteiger partial charge in [0.05, 0.1) is 12.6 Å². The van der Waals surface area contributed by atoms with Crippen LogP contribution in [0.1, 0.15) is 6.92 Å². The summed E-state index contributed by atoms with van der Waals surface area (Å²) in [5.74, 6) is 0. The third-order valence-electron chi connectivity index (χ3n) is 2.89. The van der Waals surface area contributed by atoms with Crippen LogP contribution in [0.4, 0.5) is 4.79 Å². The van der Waals surface area contributed by atoms with Gasteiger partial charge in [-0.15, -0.1) is 0 Å². The van der Waals surface area contributed by atoms with E-state index in [-0.39, 0.29) is 6.09 Å². The zero-order chi connectivity index (χ0) is 10.1. The molecule has 78 valence electrons. The summed E-state index contributed by atoms with van der Waals surface area (Å²) in [7, 11) is 2.09. The van der Waals surface area contributed by atoms with Crippen LogP contribution in [0.15, 0.2) is 11.6 Å². The first-order valence-electron chi connectivity index (χ1n) is 5.03. The van der Waals surface area contributed by atoms with Crippen molar-refractivity contribution in [2.75, 3.05) is 33.3 Å². The number of fused-ring (bicyclic) bond motifs is 1. The molecule has 0 spiro atoms. The van der Waals surface area contributed by atoms with Crippen LogP contribution in [0, 0.1) is 0 Å². The smallest absolute Gasteiger partial charge is 0.410 e. The highest BCUT2D eigenvalue weighted by Gasteiger charge is 2.36. The van der Waals surface area contributed by atoms with E-state index in [4.69, 9.17) is 4.74 Å². The lowest BCUT2D eigenvalue weighted by Crippen LogP contribution is -2.35. The van der Waals surface area contributed by atoms with Crippen molar-refractivity contribution in [2.45, 2.75) is 13.0 Å². The van der Waals surface area contributed by atoms with E-state index in [1.807, 2.05) is 6.92 Å². The summed E-state index contributed by atoms with van der Waals surface area (Å²) in [4.78, 5) is 15.5. The van der Waals surface area contributed by atoms with Crippen molar-refractivity contribution >= 4 is 6.09 Å². The van der Waals surface area contributed by atoms with E-state index >= 15 is 0 Å². The standard InChI is InChI=1S/C10H16N2O2/c1-3-14-10(13)12-6-8-4-5-11(2)9(8)7-12/h4,9H,3,5-7H2,1-2H3. The normalized spacial score (nSPS) is 26.3. The average Bonchev–Trinajstić information content (AvgIpc) is 2.69. The molecule has 2 rings (SSSR count). The Hall–Kier alpha value is -1.03. The van der Waals surface area contributed by atoms with E-state index < -0.39 is 0 Å². The van der Waals surface area contributed by atoms with E-state index in [1.165, 1.54) is 5.57 Å². The fourth-order valence-corrected chi connectivity index (χ4v) is 2.08. The van der Waals surface area contributed by atoms with Crippen molar-refractivity contribution in [1.29, 1.82) is 0 Å². The maximum atomic E-state index is 11.4. The minimum atomic E-state index is -0.184. The van der Waals surface area contributed by atoms with Gasteiger partial charge in [-0.1, -0.05) is 6.08 Å². The molecule has 1 unspecified atom stereocenters. The molecule has 14 heavy (non-hydrogen) atoms. The molecule has 2 aliphatic rings. The number of rotatable bonds is 1. The Balaban J connectivity index is 1.98. The van der Waals surface area contributed by atoms with Crippen LogP contribution in [0.2, 0.25) is 0 Å². The molecule has 1 amide bonds. The van der Waals surface area contributed by atoms with Gasteiger partial charge < -0.3 is 9.64 Å². The molecule has 0 aliphatic carbocycles. The summed E-state index contributed by atoms with van der Waals surface area (Å²) in [6.45, 7) is 4.82. The second kappa shape index (κ2) is 3.61. The SMILES string of the molecule is CCOC(=O)N1CC2=CCN(C)C2C1. The lowest BCUT2D eigenvalue weighted by molar-refractivity contribution is 0.112. The molecule has 1 fully saturated rings. The lowest BCUT2D eigenvalue weighted by Gasteiger charge is -2.19. The number of likely N-dealkylation sites (N-methyl/N-ethyl adjacent to an activating group) is 1. The van der Waals surface area contributed by atoms with E-state index in [0.29, 0.717) is 12.6 Å². The molecular weight excluding hydrogens is 180 g/mol. The Bertz CT molecular complexity index is 275. The first kappa shape index (κ1) is 9.52. The predicted octanol–water partition coefficient (Wildman–Crippen LogP) is 0.699. The van der Waals surface area contributed by atoms with Gasteiger partial charge in [0, 0.05) is 19.6 Å². The van der Waals surface area contributed by atoms with E-state index in [0.717, 1.165) is 19.6 Å². The van der Waals surface area contributed by atoms with Gasteiger partial charge in [0.15, 0.2) is 0 Å². The Morgan fingerprint density at radius 3 is 3.14 bits per heavy atom. The summed E-state index contributed by atoms with van der Waals surface area (Å²) in [5.41, 5.74) is 1.36. The van der Waals surface area contributed by atoms with Crippen molar-refractivity contribution < 1.29 is 9.53 Å². The fourth-order valence-electron chi connectivity index (χ4n) is 2.08. The largest absolute Gasteiger partial charge is 0.450 e. The highest BCUT2D eigenvalue weighted by molar-refractivity contribution is 5.69. The second-order valence-electron chi connectivity index (χ2n) is 3.81. The van der Waals surface area contributed by atoms with Crippen molar-refractivity contribution in [3.8, 4) is 0 Å². The Morgan fingerprint density at radius 2 is 2.50 bits per heavy atom. The molecule has 4 heteroatoms. The molecule has 0 aromatic heterocycles. The topological polar surface area (TPSA) is 32.8 Å². The minimum absolute atomic E-state index is 0.184. The number of amides is 1. The third kappa shape index (κ3) is 1.50. The highest BCUT2D eigenvalue weighted by Crippen LogP contribution is 2.25. The molecule has 1 saturated heterocycles. The first-order chi connectivity index (χ1) is 6.72. The molecular formula is C10H16N2O2. The predicted molar refractivity (Wildman–Crippen MR) is 53.1 cm³/mol. The number of carbonyl (C=O) groups excluding carboxylic acids is 1. The maximum Gasteiger partial charge on any atom is 0.410 e. The number of hydrogen-bond donors (Lipinski definition) is 0. The van der Waals surface area contributed by atoms with Crippen molar-refractivity contribution in [3.05, 3.63) is 11.6 Å². The van der Waals surface area contributed by atoms with Gasteiger partial charge in [-0.3, -0.25) is 4.90 Å². The Morgan fingerprint density at radius 1 is 1.71 bits per heavy atom. The summed E-state index contributed by atoms with van der Waals surface area (Å²) in [6, 6.07) is 0.430.